The number of hydrogen-bond acceptors (Lipinski definition) is 9. The molecule has 1 N–H and O–H groups in total. The molecule has 0 aliphatic rings. The minimum absolute atomic E-state index is 0.0948. The van der Waals surface area contributed by atoms with Gasteiger partial charge in [-0.05, 0) is 61.4 Å². The van der Waals surface area contributed by atoms with Crippen molar-refractivity contribution in [2.45, 2.75) is 32.9 Å². The summed E-state index contributed by atoms with van der Waals surface area (Å²) in [7, 11) is 0. The molecule has 0 aliphatic heterocycles. The third kappa shape index (κ3) is 11.2. The molecular formula is C33H26Cl2F5N3O7. The van der Waals surface area contributed by atoms with Gasteiger partial charge in [-0.3, -0.25) is 4.79 Å². The lowest BCUT2D eigenvalue weighted by Gasteiger charge is -2.16. The quantitative estimate of drug-likeness (QED) is 0.106. The first-order valence-electron chi connectivity index (χ1n) is 14.4. The number of alkyl halides is 3. The first-order valence-corrected chi connectivity index (χ1v) is 15.1. The number of ether oxygens (including phenoxy) is 4. The van der Waals surface area contributed by atoms with Gasteiger partial charge in [0.05, 0.1) is 28.9 Å². The van der Waals surface area contributed by atoms with Gasteiger partial charge in [0.1, 0.15) is 23.1 Å². The molecule has 17 heteroatoms. The maximum atomic E-state index is 14.9. The highest BCUT2D eigenvalue weighted by Gasteiger charge is 2.35. The molecule has 2 aromatic heterocycles. The van der Waals surface area contributed by atoms with Crippen molar-refractivity contribution < 1.29 is 55.3 Å². The smallest absolute Gasteiger partial charge is 0.413 e. The molecule has 0 saturated heterocycles. The Kier molecular flexibility index (Phi) is 14.5. The number of nitrogens with zero attached hydrogens (tertiary/aromatic N) is 2. The minimum atomic E-state index is -5.09. The largest absolute Gasteiger partial charge is 0.475 e. The Morgan fingerprint density at radius 1 is 0.860 bits per heavy atom. The van der Waals surface area contributed by atoms with Crippen LogP contribution in [-0.4, -0.2) is 41.4 Å². The Morgan fingerprint density at radius 2 is 1.40 bits per heavy atom. The number of benzene rings is 2. The second-order valence-corrected chi connectivity index (χ2v) is 10.5. The van der Waals surface area contributed by atoms with Crippen LogP contribution in [0.2, 0.25) is 10.0 Å². The summed E-state index contributed by atoms with van der Waals surface area (Å²) >= 11 is 12.2. The molecule has 10 nitrogen and oxygen atoms in total. The molecule has 0 unspecified atom stereocenters. The molecule has 0 fully saturated rings. The van der Waals surface area contributed by atoms with Crippen molar-refractivity contribution >= 4 is 40.9 Å². The highest BCUT2D eigenvalue weighted by molar-refractivity contribution is 6.32. The van der Waals surface area contributed by atoms with Gasteiger partial charge < -0.3 is 24.3 Å². The Hall–Kier alpha value is -5.24. The summed E-state index contributed by atoms with van der Waals surface area (Å²) < 4.78 is 94.2. The van der Waals surface area contributed by atoms with Crippen LogP contribution in [-0.2, 0) is 20.8 Å². The molecule has 1 amide bonds. The molecule has 4 aromatic rings. The number of rotatable bonds is 13. The summed E-state index contributed by atoms with van der Waals surface area (Å²) in [6, 6.07) is 9.61. The maximum Gasteiger partial charge on any atom is 0.413 e. The van der Waals surface area contributed by atoms with Crippen LogP contribution in [0.5, 0.6) is 34.8 Å². The normalized spacial score (nSPS) is 11.1. The summed E-state index contributed by atoms with van der Waals surface area (Å²) in [5, 5.41) is 1.61. The van der Waals surface area contributed by atoms with E-state index in [1.54, 1.807) is 6.92 Å². The molecule has 0 saturated carbocycles. The summed E-state index contributed by atoms with van der Waals surface area (Å²) in [5.41, 5.74) is -2.48. The molecule has 0 aliphatic carbocycles. The molecule has 50 heavy (non-hydrogen) atoms. The van der Waals surface area contributed by atoms with Gasteiger partial charge in [0.2, 0.25) is 5.91 Å². The minimum Gasteiger partial charge on any atom is -0.475 e. The van der Waals surface area contributed by atoms with Gasteiger partial charge in [0.15, 0.2) is 11.5 Å². The van der Waals surface area contributed by atoms with E-state index in [1.165, 1.54) is 36.7 Å². The number of anilines is 1. The van der Waals surface area contributed by atoms with Crippen molar-refractivity contribution in [3.63, 3.8) is 0 Å². The van der Waals surface area contributed by atoms with Crippen LogP contribution in [0, 0.1) is 11.6 Å². The fourth-order valence-corrected chi connectivity index (χ4v) is 4.33. The van der Waals surface area contributed by atoms with Crippen molar-refractivity contribution in [3.8, 4) is 34.8 Å². The molecule has 0 bridgehead atoms. The Morgan fingerprint density at radius 3 is 1.94 bits per heavy atom. The van der Waals surface area contributed by atoms with Gasteiger partial charge in [-0.1, -0.05) is 30.1 Å². The molecule has 4 rings (SSSR count). The van der Waals surface area contributed by atoms with Crippen LogP contribution in [0.1, 0.15) is 25.8 Å². The van der Waals surface area contributed by atoms with E-state index in [-0.39, 0.29) is 63.6 Å². The van der Waals surface area contributed by atoms with E-state index >= 15 is 0 Å². The molecule has 2 heterocycles. The van der Waals surface area contributed by atoms with Crippen LogP contribution in [0.15, 0.2) is 72.6 Å². The number of hydrogen-bond donors (Lipinski definition) is 1. The van der Waals surface area contributed by atoms with E-state index in [2.05, 4.69) is 9.97 Å². The fourth-order valence-electron chi connectivity index (χ4n) is 3.95. The third-order valence-corrected chi connectivity index (χ3v) is 6.66. The van der Waals surface area contributed by atoms with Crippen LogP contribution in [0.3, 0.4) is 0 Å². The van der Waals surface area contributed by atoms with E-state index in [9.17, 15) is 26.7 Å². The van der Waals surface area contributed by atoms with Crippen LogP contribution in [0.25, 0.3) is 0 Å². The zero-order valence-electron chi connectivity index (χ0n) is 26.1. The highest BCUT2D eigenvalue weighted by atomic mass is 35.5. The maximum absolute atomic E-state index is 14.9. The standard InChI is InChI=1S/C32H26Cl2F5N3O5.CO2/c1-3-11-45-31-26(8-6-10-41-31)46-27-13-18(22(35)15-20(27)33)12-19(32(37,38)39)14-29(43)42-24-17-28(21(34)16-23(24)36)47-25-7-5-9-40-30(25)44-4-2;2-1-3/h5-10,13-17H,3-4,11-12H2,1-2H3,(H,42,43);. The number of halogens is 7. The van der Waals surface area contributed by atoms with Crippen molar-refractivity contribution in [1.82, 2.24) is 9.97 Å². The van der Waals surface area contributed by atoms with Gasteiger partial charge in [-0.2, -0.15) is 22.8 Å². The second kappa shape index (κ2) is 18.5. The summed E-state index contributed by atoms with van der Waals surface area (Å²) in [4.78, 5) is 37.1. The van der Waals surface area contributed by atoms with E-state index in [0.717, 1.165) is 24.3 Å². The van der Waals surface area contributed by atoms with Gasteiger partial charge in [-0.25, -0.2) is 18.7 Å². The van der Waals surface area contributed by atoms with Gasteiger partial charge in [0.25, 0.3) is 11.8 Å². The van der Waals surface area contributed by atoms with E-state index in [0.29, 0.717) is 13.0 Å². The fraction of sp³-hybridized carbons (Fsp3) is 0.212. The van der Waals surface area contributed by atoms with Crippen molar-refractivity contribution in [2.75, 3.05) is 18.5 Å². The number of carbonyl (C=O) groups is 1. The average Bonchev–Trinajstić information content (AvgIpc) is 3.05. The van der Waals surface area contributed by atoms with Crippen LogP contribution >= 0.6 is 23.2 Å². The predicted molar refractivity (Wildman–Crippen MR) is 170 cm³/mol. The lowest BCUT2D eigenvalue weighted by molar-refractivity contribution is -0.191. The molecule has 0 spiro atoms. The number of aromatic nitrogens is 2. The first kappa shape index (κ1) is 39.2. The summed E-state index contributed by atoms with van der Waals surface area (Å²) in [5.74, 6) is -3.42. The van der Waals surface area contributed by atoms with E-state index in [4.69, 9.17) is 51.7 Å². The van der Waals surface area contributed by atoms with Crippen molar-refractivity contribution in [3.05, 3.63) is 99.8 Å². The lowest BCUT2D eigenvalue weighted by Crippen LogP contribution is -2.19. The highest BCUT2D eigenvalue weighted by Crippen LogP contribution is 2.39. The Labute approximate surface area is 291 Å². The van der Waals surface area contributed by atoms with Crippen LogP contribution in [0.4, 0.5) is 27.6 Å². The number of carbonyl (C=O) groups excluding carboxylic acids is 3. The van der Waals surface area contributed by atoms with Gasteiger partial charge >= 0.3 is 12.3 Å². The van der Waals surface area contributed by atoms with Crippen LogP contribution < -0.4 is 24.3 Å². The van der Waals surface area contributed by atoms with E-state index < -0.39 is 47.0 Å². The molecule has 264 valence electrons. The second-order valence-electron chi connectivity index (χ2n) is 9.65. The topological polar surface area (TPSA) is 126 Å². The lowest BCUT2D eigenvalue weighted by atomic mass is 10.0. The number of pyridine rings is 2. The number of nitrogens with one attached hydrogen (secondary N) is 1. The SMILES string of the molecule is CCCOc1ncccc1Oc1cc(CC(=CC(=O)Nc2cc(Oc3cccnc3OCC)c(Cl)cc2F)C(F)(F)F)c(F)cc1Cl.O=C=O. The first-order chi connectivity index (χ1) is 23.8. The molecule has 0 atom stereocenters. The van der Waals surface area contributed by atoms with Crippen molar-refractivity contribution in [1.29, 1.82) is 0 Å². The van der Waals surface area contributed by atoms with Gasteiger partial charge in [-0.15, -0.1) is 0 Å². The molecule has 2 aromatic carbocycles. The molecule has 0 radical (unpaired) electrons. The monoisotopic (exact) mass is 741 g/mol. The predicted octanol–water partition coefficient (Wildman–Crippen LogP) is 8.92. The zero-order chi connectivity index (χ0) is 36.8. The summed E-state index contributed by atoms with van der Waals surface area (Å²) in [6.45, 7) is 4.16. The Balaban J connectivity index is 0.00000217. The van der Waals surface area contributed by atoms with E-state index in [1.807, 2.05) is 12.2 Å². The average molecular weight is 742 g/mol. The zero-order valence-corrected chi connectivity index (χ0v) is 27.6. The van der Waals surface area contributed by atoms with Gasteiger partial charge in [0, 0.05) is 36.5 Å². The number of amides is 1. The third-order valence-electron chi connectivity index (χ3n) is 6.07. The Bertz CT molecular complexity index is 1870. The summed E-state index contributed by atoms with van der Waals surface area (Å²) in [6.07, 6.45) is -2.18. The van der Waals surface area contributed by atoms with Crippen molar-refractivity contribution in [2.24, 2.45) is 0 Å². The number of allylic oxidation sites excluding steroid dienone is 1. The molecular weight excluding hydrogens is 716 g/mol.